The zero-order chi connectivity index (χ0) is 22.1. The van der Waals surface area contributed by atoms with Crippen LogP contribution in [-0.2, 0) is 6.54 Å². The van der Waals surface area contributed by atoms with Crippen molar-refractivity contribution in [2.24, 2.45) is 5.73 Å². The first-order valence-corrected chi connectivity index (χ1v) is 11.1. The van der Waals surface area contributed by atoms with E-state index in [0.29, 0.717) is 6.54 Å². The molecule has 0 atom stereocenters. The zero-order valence-corrected chi connectivity index (χ0v) is 18.4. The van der Waals surface area contributed by atoms with Crippen LogP contribution in [-0.4, -0.2) is 48.4 Å². The minimum Gasteiger partial charge on any atom is -0.364 e. The van der Waals surface area contributed by atoms with Crippen LogP contribution in [0.4, 0.5) is 11.8 Å². The van der Waals surface area contributed by atoms with Gasteiger partial charge in [0.2, 0.25) is 5.95 Å². The third kappa shape index (κ3) is 3.91. The molecule has 0 spiro atoms. The number of fused-ring (bicyclic) bond motifs is 1. The van der Waals surface area contributed by atoms with Crippen molar-refractivity contribution in [1.82, 2.24) is 29.3 Å². The van der Waals surface area contributed by atoms with Gasteiger partial charge in [-0.05, 0) is 44.4 Å². The largest absolute Gasteiger partial charge is 0.364 e. The highest BCUT2D eigenvalue weighted by Gasteiger charge is 2.22. The molecule has 1 aromatic carbocycles. The van der Waals surface area contributed by atoms with Crippen molar-refractivity contribution in [3.63, 3.8) is 0 Å². The number of anilines is 2. The van der Waals surface area contributed by atoms with Crippen LogP contribution < -0.4 is 16.0 Å². The number of nitrogens with zero attached hydrogens (tertiary/aromatic N) is 7. The van der Waals surface area contributed by atoms with Crippen LogP contribution in [0.2, 0.25) is 0 Å². The molecule has 4 aromatic rings. The molecule has 165 valence electrons. The van der Waals surface area contributed by atoms with Gasteiger partial charge in [-0.1, -0.05) is 18.2 Å². The Kier molecular flexibility index (Phi) is 5.48. The van der Waals surface area contributed by atoms with Gasteiger partial charge < -0.3 is 20.5 Å². The molecule has 32 heavy (non-hydrogen) atoms. The molecule has 5 rings (SSSR count). The molecule has 3 aromatic heterocycles. The third-order valence-corrected chi connectivity index (χ3v) is 5.93. The van der Waals surface area contributed by atoms with E-state index in [2.05, 4.69) is 51.0 Å². The van der Waals surface area contributed by atoms with Gasteiger partial charge in [-0.15, -0.1) is 0 Å². The fraction of sp³-hybridized carbons (Fsp3) is 0.391. The summed E-state index contributed by atoms with van der Waals surface area (Å²) in [6.07, 6.45) is 8.49. The molecular weight excluding hydrogens is 402 g/mol. The average Bonchev–Trinajstić information content (AvgIpc) is 3.48. The van der Waals surface area contributed by atoms with E-state index in [1.165, 1.54) is 0 Å². The molecule has 1 radical (unpaired) electrons. The third-order valence-electron chi connectivity index (χ3n) is 5.93. The molecule has 9 heteroatoms. The standard InChI is InChI=1S/C23H28N9/c1-16(2)31-15-26-20-21(28-23(29-22(20)31)30-12-8-18(24)9-13-30)25-14-17-6-3-4-7-19(17)32-11-5-10-27-32/h3-7,11,15-16,18H,8-9,12-14,24H2,1-2H3,(H,25,28,29). The molecule has 0 bridgehead atoms. The number of nitrogens with one attached hydrogen (secondary N) is 1. The summed E-state index contributed by atoms with van der Waals surface area (Å²) in [5, 5.41) is 7.78. The molecule has 0 saturated carbocycles. The minimum absolute atomic E-state index is 0.252. The average molecular weight is 431 g/mol. The maximum atomic E-state index is 6.11. The van der Waals surface area contributed by atoms with Gasteiger partial charge in [0, 0.05) is 37.9 Å². The van der Waals surface area contributed by atoms with E-state index in [1.54, 1.807) is 6.07 Å². The highest BCUT2D eigenvalue weighted by atomic mass is 15.3. The van der Waals surface area contributed by atoms with Crippen molar-refractivity contribution >= 4 is 22.9 Å². The van der Waals surface area contributed by atoms with Crippen LogP contribution in [0.5, 0.6) is 0 Å². The molecule has 3 N–H and O–H groups in total. The number of piperidine rings is 1. The van der Waals surface area contributed by atoms with Crippen molar-refractivity contribution in [1.29, 1.82) is 0 Å². The van der Waals surface area contributed by atoms with Gasteiger partial charge in [0.05, 0.1) is 12.0 Å². The monoisotopic (exact) mass is 430 g/mol. The van der Waals surface area contributed by atoms with Gasteiger partial charge in [-0.25, -0.2) is 9.67 Å². The van der Waals surface area contributed by atoms with Crippen molar-refractivity contribution in [3.8, 4) is 5.69 Å². The lowest BCUT2D eigenvalue weighted by atomic mass is 10.1. The van der Waals surface area contributed by atoms with Gasteiger partial charge in [0.1, 0.15) is 6.20 Å². The van der Waals surface area contributed by atoms with Gasteiger partial charge in [-0.3, -0.25) is 0 Å². The Hall–Kier alpha value is -3.46. The van der Waals surface area contributed by atoms with Crippen molar-refractivity contribution in [3.05, 3.63) is 54.6 Å². The summed E-state index contributed by atoms with van der Waals surface area (Å²) in [5.41, 5.74) is 9.84. The van der Waals surface area contributed by atoms with Crippen molar-refractivity contribution in [2.45, 2.75) is 45.3 Å². The van der Waals surface area contributed by atoms with E-state index in [0.717, 1.165) is 60.1 Å². The number of imidazole rings is 1. The first kappa shape index (κ1) is 20.4. The van der Waals surface area contributed by atoms with E-state index in [4.69, 9.17) is 15.7 Å². The molecule has 0 unspecified atom stereocenters. The van der Waals surface area contributed by atoms with Gasteiger partial charge >= 0.3 is 0 Å². The van der Waals surface area contributed by atoms with E-state index < -0.39 is 0 Å². The second-order valence-electron chi connectivity index (χ2n) is 8.49. The number of nitrogens with two attached hydrogens (primary N) is 1. The number of aromatic nitrogens is 6. The predicted molar refractivity (Wildman–Crippen MR) is 125 cm³/mol. The summed E-state index contributed by atoms with van der Waals surface area (Å²) in [4.78, 5) is 16.6. The molecular formula is C23H28N9. The van der Waals surface area contributed by atoms with Crippen LogP contribution in [0.15, 0.2) is 42.9 Å². The van der Waals surface area contributed by atoms with Gasteiger partial charge in [0.25, 0.3) is 0 Å². The first-order chi connectivity index (χ1) is 15.6. The topological polar surface area (TPSA) is 103 Å². The molecule has 4 heterocycles. The van der Waals surface area contributed by atoms with Gasteiger partial charge in [-0.2, -0.15) is 15.1 Å². The Balaban J connectivity index is 1.50. The normalized spacial score (nSPS) is 15.1. The highest BCUT2D eigenvalue weighted by Crippen LogP contribution is 2.27. The molecule has 0 aliphatic carbocycles. The smallest absolute Gasteiger partial charge is 0.229 e. The maximum Gasteiger partial charge on any atom is 0.229 e. The summed E-state index contributed by atoms with van der Waals surface area (Å²) in [5.74, 6) is 1.46. The van der Waals surface area contributed by atoms with Crippen molar-refractivity contribution in [2.75, 3.05) is 23.3 Å². The molecule has 0 amide bonds. The van der Waals surface area contributed by atoms with Crippen LogP contribution in [0.3, 0.4) is 0 Å². The van der Waals surface area contributed by atoms with E-state index in [9.17, 15) is 0 Å². The Labute approximate surface area is 187 Å². The lowest BCUT2D eigenvalue weighted by Crippen LogP contribution is -2.40. The summed E-state index contributed by atoms with van der Waals surface area (Å²) < 4.78 is 3.91. The number of benzene rings is 1. The second kappa shape index (κ2) is 8.58. The lowest BCUT2D eigenvalue weighted by molar-refractivity contribution is 0.495. The summed E-state index contributed by atoms with van der Waals surface area (Å²) in [6.45, 7) is 6.57. The van der Waals surface area contributed by atoms with Crippen LogP contribution in [0.1, 0.15) is 38.3 Å². The Morgan fingerprint density at radius 2 is 2.00 bits per heavy atom. The number of hydrogen-bond acceptors (Lipinski definition) is 7. The summed E-state index contributed by atoms with van der Waals surface area (Å²) in [7, 11) is 0. The zero-order valence-electron chi connectivity index (χ0n) is 18.4. The van der Waals surface area contributed by atoms with Crippen LogP contribution in [0.25, 0.3) is 16.9 Å². The Bertz CT molecular complexity index is 1190. The second-order valence-corrected chi connectivity index (χ2v) is 8.49. The van der Waals surface area contributed by atoms with Crippen LogP contribution in [0, 0.1) is 6.20 Å². The molecule has 1 aliphatic rings. The molecule has 1 aliphatic heterocycles. The molecule has 1 fully saturated rings. The number of para-hydroxylation sites is 1. The fourth-order valence-corrected chi connectivity index (χ4v) is 4.08. The summed E-state index contributed by atoms with van der Waals surface area (Å²) in [6, 6.07) is 10.5. The van der Waals surface area contributed by atoms with E-state index in [-0.39, 0.29) is 12.1 Å². The highest BCUT2D eigenvalue weighted by molar-refractivity contribution is 5.84. The van der Waals surface area contributed by atoms with E-state index >= 15 is 0 Å². The molecule has 9 nitrogen and oxygen atoms in total. The first-order valence-electron chi connectivity index (χ1n) is 11.1. The minimum atomic E-state index is 0.252. The Morgan fingerprint density at radius 3 is 2.75 bits per heavy atom. The lowest BCUT2D eigenvalue weighted by Gasteiger charge is -2.30. The molecule has 1 saturated heterocycles. The fourth-order valence-electron chi connectivity index (χ4n) is 4.08. The maximum absolute atomic E-state index is 6.11. The van der Waals surface area contributed by atoms with Crippen molar-refractivity contribution < 1.29 is 0 Å². The number of hydrogen-bond donors (Lipinski definition) is 2. The van der Waals surface area contributed by atoms with Crippen LogP contribution >= 0.6 is 0 Å². The number of rotatable bonds is 6. The quantitative estimate of drug-likeness (QED) is 0.485. The summed E-state index contributed by atoms with van der Waals surface area (Å²) >= 11 is 0. The van der Waals surface area contributed by atoms with Gasteiger partial charge in [0.15, 0.2) is 17.0 Å². The Morgan fingerprint density at radius 1 is 1.19 bits per heavy atom. The predicted octanol–water partition coefficient (Wildman–Crippen LogP) is 2.93. The van der Waals surface area contributed by atoms with E-state index in [1.807, 2.05) is 35.4 Å². The SMILES string of the molecule is CC(C)n1cnc2c(NCc3ccccc3-n3cc[c]n3)nc(N3CCC(N)CC3)nc21.